The Morgan fingerprint density at radius 2 is 1.72 bits per heavy atom. The highest BCUT2D eigenvalue weighted by Crippen LogP contribution is 2.27. The van der Waals surface area contributed by atoms with Gasteiger partial charge in [-0.3, -0.25) is 0 Å². The van der Waals surface area contributed by atoms with Crippen LogP contribution in [0.25, 0.3) is 0 Å². The van der Waals surface area contributed by atoms with E-state index < -0.39 is 11.9 Å². The second-order valence-corrected chi connectivity index (χ2v) is 5.52. The van der Waals surface area contributed by atoms with Gasteiger partial charge < -0.3 is 16.0 Å². The summed E-state index contributed by atoms with van der Waals surface area (Å²) in [5.41, 5.74) is 0.234. The Morgan fingerprint density at radius 1 is 1.00 bits per heavy atom. The Labute approximate surface area is 149 Å². The third-order valence-corrected chi connectivity index (χ3v) is 3.47. The molecule has 0 unspecified atom stereocenters. The van der Waals surface area contributed by atoms with Crippen LogP contribution in [0.5, 0.6) is 0 Å². The number of anilines is 1. The van der Waals surface area contributed by atoms with E-state index in [1.807, 2.05) is 30.3 Å². The van der Waals surface area contributed by atoms with Crippen LogP contribution in [0.2, 0.25) is 0 Å². The maximum absolute atomic E-state index is 12.5. The fourth-order valence-corrected chi connectivity index (χ4v) is 2.18. The summed E-state index contributed by atoms with van der Waals surface area (Å²) in [6, 6.07) is 10.8. The minimum absolute atomic E-state index is 0.0698. The number of benzene rings is 1. The first-order valence-corrected chi connectivity index (χ1v) is 8.06. The number of rotatable bonds is 7. The van der Waals surface area contributed by atoms with E-state index in [1.165, 1.54) is 5.56 Å². The summed E-state index contributed by atoms with van der Waals surface area (Å²) in [5, 5.41) is 9.25. The molecule has 25 heavy (non-hydrogen) atoms. The first-order chi connectivity index (χ1) is 11.9. The minimum Gasteiger partial charge on any atom is -0.362 e. The van der Waals surface area contributed by atoms with E-state index in [0.29, 0.717) is 24.7 Å². The fourth-order valence-electron chi connectivity index (χ4n) is 1.98. The second-order valence-electron chi connectivity index (χ2n) is 5.11. The van der Waals surface area contributed by atoms with Gasteiger partial charge in [0.05, 0.1) is 0 Å². The summed E-state index contributed by atoms with van der Waals surface area (Å²) < 4.78 is 37.6. The van der Waals surface area contributed by atoms with Gasteiger partial charge in [0.2, 0.25) is 5.95 Å². The van der Waals surface area contributed by atoms with Gasteiger partial charge in [0.1, 0.15) is 5.69 Å². The lowest BCUT2D eigenvalue weighted by atomic mass is 10.1. The van der Waals surface area contributed by atoms with Gasteiger partial charge in [-0.1, -0.05) is 30.3 Å². The van der Waals surface area contributed by atoms with Gasteiger partial charge in [-0.05, 0) is 30.3 Å². The summed E-state index contributed by atoms with van der Waals surface area (Å²) in [6.07, 6.45) is -2.57. The van der Waals surface area contributed by atoms with Gasteiger partial charge in [-0.25, -0.2) is 9.97 Å². The molecular formula is C16H18F3N5S. The first kappa shape index (κ1) is 18.9. The van der Waals surface area contributed by atoms with Gasteiger partial charge in [0.25, 0.3) is 0 Å². The van der Waals surface area contributed by atoms with E-state index in [1.54, 1.807) is 0 Å². The highest BCUT2D eigenvalue weighted by molar-refractivity contribution is 7.80. The van der Waals surface area contributed by atoms with Crippen molar-refractivity contribution in [2.45, 2.75) is 12.6 Å². The zero-order valence-corrected chi connectivity index (χ0v) is 14.1. The van der Waals surface area contributed by atoms with Crippen LogP contribution < -0.4 is 16.0 Å². The van der Waals surface area contributed by atoms with Crippen molar-refractivity contribution in [3.8, 4) is 0 Å². The number of nitrogens with zero attached hydrogens (tertiary/aromatic N) is 2. The predicted octanol–water partition coefficient (Wildman–Crippen LogP) is 2.61. The normalized spacial score (nSPS) is 11.0. The lowest BCUT2D eigenvalue weighted by Crippen LogP contribution is -2.38. The van der Waals surface area contributed by atoms with Crippen LogP contribution in [0.15, 0.2) is 42.6 Å². The maximum Gasteiger partial charge on any atom is 0.433 e. The molecule has 134 valence electrons. The van der Waals surface area contributed by atoms with Crippen molar-refractivity contribution < 1.29 is 13.2 Å². The SMILES string of the molecule is FC(F)(F)c1ccnc(NCCNC(=S)NCCc2ccccc2)n1. The first-order valence-electron chi connectivity index (χ1n) is 7.65. The molecule has 0 aliphatic carbocycles. The zero-order chi connectivity index (χ0) is 18.1. The maximum atomic E-state index is 12.5. The van der Waals surface area contributed by atoms with E-state index in [-0.39, 0.29) is 5.95 Å². The molecule has 0 radical (unpaired) electrons. The van der Waals surface area contributed by atoms with E-state index in [2.05, 4.69) is 25.9 Å². The average molecular weight is 369 g/mol. The lowest BCUT2D eigenvalue weighted by molar-refractivity contribution is -0.141. The van der Waals surface area contributed by atoms with Crippen LogP contribution in [0.3, 0.4) is 0 Å². The molecule has 3 N–H and O–H groups in total. The summed E-state index contributed by atoms with van der Waals surface area (Å²) >= 11 is 5.14. The van der Waals surface area contributed by atoms with E-state index in [9.17, 15) is 13.2 Å². The average Bonchev–Trinajstić information content (AvgIpc) is 2.59. The van der Waals surface area contributed by atoms with Crippen LogP contribution in [-0.4, -0.2) is 34.7 Å². The number of halogens is 3. The topological polar surface area (TPSA) is 61.9 Å². The Hall–Kier alpha value is -2.42. The molecule has 5 nitrogen and oxygen atoms in total. The van der Waals surface area contributed by atoms with Crippen molar-refractivity contribution in [1.82, 2.24) is 20.6 Å². The van der Waals surface area contributed by atoms with Crippen LogP contribution >= 0.6 is 12.2 Å². The van der Waals surface area contributed by atoms with Crippen molar-refractivity contribution in [1.29, 1.82) is 0 Å². The summed E-state index contributed by atoms with van der Waals surface area (Å²) in [4.78, 5) is 7.17. The van der Waals surface area contributed by atoms with E-state index in [4.69, 9.17) is 12.2 Å². The number of hydrogen-bond donors (Lipinski definition) is 3. The van der Waals surface area contributed by atoms with Crippen LogP contribution in [-0.2, 0) is 12.6 Å². The summed E-state index contributed by atoms with van der Waals surface area (Å²) in [5.74, 6) is -0.0698. The smallest absolute Gasteiger partial charge is 0.362 e. The van der Waals surface area contributed by atoms with Crippen molar-refractivity contribution in [2.24, 2.45) is 0 Å². The van der Waals surface area contributed by atoms with Crippen molar-refractivity contribution in [3.05, 3.63) is 53.9 Å². The molecule has 0 atom stereocenters. The van der Waals surface area contributed by atoms with E-state index in [0.717, 1.165) is 18.7 Å². The molecule has 1 aromatic heterocycles. The lowest BCUT2D eigenvalue weighted by Gasteiger charge is -2.11. The van der Waals surface area contributed by atoms with Crippen LogP contribution in [0, 0.1) is 0 Å². The molecule has 0 aliphatic rings. The third kappa shape index (κ3) is 6.92. The monoisotopic (exact) mass is 369 g/mol. The minimum atomic E-state index is -4.48. The number of alkyl halides is 3. The predicted molar refractivity (Wildman–Crippen MR) is 94.3 cm³/mol. The molecule has 2 rings (SSSR count). The van der Waals surface area contributed by atoms with Gasteiger partial charge in [0, 0.05) is 25.8 Å². The Kier molecular flexibility index (Phi) is 6.93. The number of thiocarbonyl (C=S) groups is 1. The number of aromatic nitrogens is 2. The molecule has 0 aliphatic heterocycles. The molecule has 0 amide bonds. The van der Waals surface area contributed by atoms with Gasteiger partial charge in [-0.15, -0.1) is 0 Å². The molecule has 0 bridgehead atoms. The number of nitrogens with one attached hydrogen (secondary N) is 3. The van der Waals surface area contributed by atoms with Gasteiger partial charge >= 0.3 is 6.18 Å². The van der Waals surface area contributed by atoms with Gasteiger partial charge in [0.15, 0.2) is 5.11 Å². The Morgan fingerprint density at radius 3 is 2.44 bits per heavy atom. The van der Waals surface area contributed by atoms with Crippen molar-refractivity contribution in [2.75, 3.05) is 25.0 Å². The molecule has 0 saturated heterocycles. The third-order valence-electron chi connectivity index (χ3n) is 3.18. The van der Waals surface area contributed by atoms with Crippen LogP contribution in [0.1, 0.15) is 11.3 Å². The van der Waals surface area contributed by atoms with Crippen molar-refractivity contribution >= 4 is 23.3 Å². The summed E-state index contributed by atoms with van der Waals surface area (Å²) in [7, 11) is 0. The molecular weight excluding hydrogens is 351 g/mol. The second kappa shape index (κ2) is 9.16. The Bertz CT molecular complexity index is 679. The quantitative estimate of drug-likeness (QED) is 0.515. The molecule has 0 saturated carbocycles. The largest absolute Gasteiger partial charge is 0.433 e. The highest BCUT2D eigenvalue weighted by atomic mass is 32.1. The van der Waals surface area contributed by atoms with Gasteiger partial charge in [-0.2, -0.15) is 13.2 Å². The molecule has 9 heteroatoms. The molecule has 0 fully saturated rings. The molecule has 1 aromatic carbocycles. The number of hydrogen-bond acceptors (Lipinski definition) is 4. The Balaban J connectivity index is 1.63. The molecule has 0 spiro atoms. The fraction of sp³-hybridized carbons (Fsp3) is 0.312. The zero-order valence-electron chi connectivity index (χ0n) is 13.3. The standard InChI is InChI=1S/C16H18F3N5S/c17-16(18,19)13-7-9-20-14(24-13)21-10-11-23-15(25)22-8-6-12-4-2-1-3-5-12/h1-5,7,9H,6,8,10-11H2,(H,20,21,24)(H2,22,23,25). The summed E-state index contributed by atoms with van der Waals surface area (Å²) in [6.45, 7) is 1.46. The van der Waals surface area contributed by atoms with E-state index >= 15 is 0 Å². The van der Waals surface area contributed by atoms with Crippen LogP contribution in [0.4, 0.5) is 19.1 Å². The molecule has 1 heterocycles. The van der Waals surface area contributed by atoms with Crippen molar-refractivity contribution in [3.63, 3.8) is 0 Å². The highest BCUT2D eigenvalue weighted by Gasteiger charge is 2.32. The molecule has 2 aromatic rings.